The van der Waals surface area contributed by atoms with Crippen LogP contribution in [0.3, 0.4) is 0 Å². The number of benzene rings is 1. The van der Waals surface area contributed by atoms with Crippen molar-refractivity contribution in [2.45, 2.75) is 6.54 Å². The van der Waals surface area contributed by atoms with Crippen LogP contribution in [0.25, 0.3) is 0 Å². The standard InChI is InChI=1S/C12H9BrF2N2/c13-12-4-2-9(7-17-12)16-6-8-1-3-10(14)11(15)5-8/h1-5,7,16H,6H2. The molecule has 1 heterocycles. The van der Waals surface area contributed by atoms with Crippen LogP contribution in [0.2, 0.25) is 0 Å². The maximum atomic E-state index is 12.9. The third kappa shape index (κ3) is 3.23. The summed E-state index contributed by atoms with van der Waals surface area (Å²) in [5.74, 6) is -1.67. The van der Waals surface area contributed by atoms with Crippen LogP contribution in [0.5, 0.6) is 0 Å². The number of hydrogen-bond donors (Lipinski definition) is 1. The van der Waals surface area contributed by atoms with Crippen LogP contribution >= 0.6 is 15.9 Å². The van der Waals surface area contributed by atoms with Gasteiger partial charge in [0.2, 0.25) is 0 Å². The quantitative estimate of drug-likeness (QED) is 0.873. The summed E-state index contributed by atoms with van der Waals surface area (Å²) < 4.78 is 26.4. The Morgan fingerprint density at radius 1 is 1.12 bits per heavy atom. The molecule has 0 aliphatic heterocycles. The lowest BCUT2D eigenvalue weighted by molar-refractivity contribution is 0.507. The Balaban J connectivity index is 2.02. The second-order valence-corrected chi connectivity index (χ2v) is 4.28. The highest BCUT2D eigenvalue weighted by molar-refractivity contribution is 9.10. The van der Waals surface area contributed by atoms with E-state index in [2.05, 4.69) is 26.2 Å². The zero-order valence-electron chi connectivity index (χ0n) is 8.75. The van der Waals surface area contributed by atoms with Crippen LogP contribution in [0.1, 0.15) is 5.56 Å². The molecule has 0 saturated heterocycles. The lowest BCUT2D eigenvalue weighted by Gasteiger charge is -2.06. The van der Waals surface area contributed by atoms with Crippen molar-refractivity contribution in [3.8, 4) is 0 Å². The molecule has 1 aromatic carbocycles. The van der Waals surface area contributed by atoms with E-state index in [4.69, 9.17) is 0 Å². The highest BCUT2D eigenvalue weighted by Gasteiger charge is 2.02. The molecule has 0 unspecified atom stereocenters. The van der Waals surface area contributed by atoms with Gasteiger partial charge in [0, 0.05) is 6.54 Å². The summed E-state index contributed by atoms with van der Waals surface area (Å²) in [5, 5.41) is 3.06. The smallest absolute Gasteiger partial charge is 0.159 e. The fourth-order valence-corrected chi connectivity index (χ4v) is 1.57. The predicted molar refractivity (Wildman–Crippen MR) is 65.6 cm³/mol. The third-order valence-corrected chi connectivity index (χ3v) is 2.68. The predicted octanol–water partition coefficient (Wildman–Crippen LogP) is 3.73. The topological polar surface area (TPSA) is 24.9 Å². The van der Waals surface area contributed by atoms with Crippen molar-refractivity contribution in [2.75, 3.05) is 5.32 Å². The molecule has 0 radical (unpaired) electrons. The van der Waals surface area contributed by atoms with E-state index in [9.17, 15) is 8.78 Å². The number of aromatic nitrogens is 1. The van der Waals surface area contributed by atoms with Gasteiger partial charge in [0.1, 0.15) is 4.60 Å². The van der Waals surface area contributed by atoms with Crippen LogP contribution in [-0.4, -0.2) is 4.98 Å². The molecule has 0 spiro atoms. The highest BCUT2D eigenvalue weighted by atomic mass is 79.9. The van der Waals surface area contributed by atoms with Gasteiger partial charge in [-0.15, -0.1) is 0 Å². The summed E-state index contributed by atoms with van der Waals surface area (Å²) in [4.78, 5) is 4.04. The molecular formula is C12H9BrF2N2. The summed E-state index contributed by atoms with van der Waals surface area (Å²) in [6, 6.07) is 7.48. The first-order valence-electron chi connectivity index (χ1n) is 4.94. The number of hydrogen-bond acceptors (Lipinski definition) is 2. The molecule has 0 fully saturated rings. The maximum absolute atomic E-state index is 12.9. The van der Waals surface area contributed by atoms with Crippen LogP contribution in [0.15, 0.2) is 41.1 Å². The van der Waals surface area contributed by atoms with Crippen molar-refractivity contribution in [1.82, 2.24) is 4.98 Å². The van der Waals surface area contributed by atoms with E-state index >= 15 is 0 Å². The lowest BCUT2D eigenvalue weighted by Crippen LogP contribution is -2.00. The molecule has 1 N–H and O–H groups in total. The van der Waals surface area contributed by atoms with Crippen molar-refractivity contribution in [1.29, 1.82) is 0 Å². The van der Waals surface area contributed by atoms with Crippen molar-refractivity contribution in [3.05, 3.63) is 58.3 Å². The Morgan fingerprint density at radius 3 is 2.59 bits per heavy atom. The second-order valence-electron chi connectivity index (χ2n) is 3.47. The molecular weight excluding hydrogens is 290 g/mol. The number of nitrogens with one attached hydrogen (secondary N) is 1. The van der Waals surface area contributed by atoms with E-state index < -0.39 is 11.6 Å². The van der Waals surface area contributed by atoms with Gasteiger partial charge in [-0.25, -0.2) is 13.8 Å². The fraction of sp³-hybridized carbons (Fsp3) is 0.0833. The lowest BCUT2D eigenvalue weighted by atomic mass is 10.2. The van der Waals surface area contributed by atoms with Gasteiger partial charge in [-0.3, -0.25) is 0 Å². The van der Waals surface area contributed by atoms with Gasteiger partial charge in [-0.05, 0) is 45.8 Å². The molecule has 2 aromatic rings. The number of halogens is 3. The minimum absolute atomic E-state index is 0.417. The molecule has 0 aliphatic rings. The van der Waals surface area contributed by atoms with Gasteiger partial charge in [-0.2, -0.15) is 0 Å². The van der Waals surface area contributed by atoms with Gasteiger partial charge in [0.05, 0.1) is 11.9 Å². The second kappa shape index (κ2) is 5.23. The Morgan fingerprint density at radius 2 is 1.94 bits per heavy atom. The fourth-order valence-electron chi connectivity index (χ4n) is 1.33. The molecule has 2 rings (SSSR count). The molecule has 2 nitrogen and oxygen atoms in total. The first-order valence-corrected chi connectivity index (χ1v) is 5.74. The van der Waals surface area contributed by atoms with E-state index in [1.165, 1.54) is 12.1 Å². The third-order valence-electron chi connectivity index (χ3n) is 2.21. The monoisotopic (exact) mass is 298 g/mol. The first kappa shape index (κ1) is 12.0. The van der Waals surface area contributed by atoms with Crippen LogP contribution in [-0.2, 0) is 6.54 Å². The minimum atomic E-state index is -0.835. The number of pyridine rings is 1. The largest absolute Gasteiger partial charge is 0.380 e. The van der Waals surface area contributed by atoms with E-state index in [1.807, 2.05) is 6.07 Å². The molecule has 0 amide bonds. The molecule has 17 heavy (non-hydrogen) atoms. The number of nitrogens with zero attached hydrogens (tertiary/aromatic N) is 1. The van der Waals surface area contributed by atoms with Crippen LogP contribution in [0, 0.1) is 11.6 Å². The Bertz CT molecular complexity index is 514. The molecule has 0 bridgehead atoms. The Kier molecular flexibility index (Phi) is 3.68. The van der Waals surface area contributed by atoms with E-state index in [0.29, 0.717) is 12.1 Å². The van der Waals surface area contributed by atoms with Gasteiger partial charge >= 0.3 is 0 Å². The first-order chi connectivity index (χ1) is 8.15. The molecule has 5 heteroatoms. The maximum Gasteiger partial charge on any atom is 0.159 e. The van der Waals surface area contributed by atoms with E-state index in [1.54, 1.807) is 12.3 Å². The number of anilines is 1. The minimum Gasteiger partial charge on any atom is -0.380 e. The normalized spacial score (nSPS) is 10.3. The van der Waals surface area contributed by atoms with Gasteiger partial charge in [0.15, 0.2) is 11.6 Å². The zero-order valence-corrected chi connectivity index (χ0v) is 10.3. The summed E-state index contributed by atoms with van der Waals surface area (Å²) in [7, 11) is 0. The summed E-state index contributed by atoms with van der Waals surface area (Å²) in [6.07, 6.45) is 1.66. The Labute approximate surface area is 106 Å². The van der Waals surface area contributed by atoms with Crippen molar-refractivity contribution < 1.29 is 8.78 Å². The SMILES string of the molecule is Fc1ccc(CNc2ccc(Br)nc2)cc1F. The molecule has 0 atom stereocenters. The average molecular weight is 299 g/mol. The van der Waals surface area contributed by atoms with E-state index in [-0.39, 0.29) is 0 Å². The van der Waals surface area contributed by atoms with Gasteiger partial charge < -0.3 is 5.32 Å². The van der Waals surface area contributed by atoms with Crippen molar-refractivity contribution in [2.24, 2.45) is 0 Å². The molecule has 1 aromatic heterocycles. The molecule has 0 aliphatic carbocycles. The van der Waals surface area contributed by atoms with Crippen molar-refractivity contribution >= 4 is 21.6 Å². The molecule has 88 valence electrons. The van der Waals surface area contributed by atoms with Crippen molar-refractivity contribution in [3.63, 3.8) is 0 Å². The van der Waals surface area contributed by atoms with Crippen LogP contribution in [0.4, 0.5) is 14.5 Å². The number of rotatable bonds is 3. The zero-order chi connectivity index (χ0) is 12.3. The van der Waals surface area contributed by atoms with Gasteiger partial charge in [0.25, 0.3) is 0 Å². The van der Waals surface area contributed by atoms with E-state index in [0.717, 1.165) is 16.4 Å². The Hall–Kier alpha value is -1.49. The van der Waals surface area contributed by atoms with Crippen LogP contribution < -0.4 is 5.32 Å². The summed E-state index contributed by atoms with van der Waals surface area (Å²) >= 11 is 3.23. The molecule has 0 saturated carbocycles. The summed E-state index contributed by atoms with van der Waals surface area (Å²) in [5.41, 5.74) is 1.49. The summed E-state index contributed by atoms with van der Waals surface area (Å²) in [6.45, 7) is 0.417. The van der Waals surface area contributed by atoms with Gasteiger partial charge in [-0.1, -0.05) is 6.07 Å². The average Bonchev–Trinajstić information content (AvgIpc) is 2.33. The highest BCUT2D eigenvalue weighted by Crippen LogP contribution is 2.13.